The van der Waals surface area contributed by atoms with E-state index in [1.54, 1.807) is 43.5 Å². The van der Waals surface area contributed by atoms with Gasteiger partial charge in [0, 0.05) is 24.8 Å². The summed E-state index contributed by atoms with van der Waals surface area (Å²) in [6.07, 6.45) is 0. The van der Waals surface area contributed by atoms with Crippen LogP contribution in [0.5, 0.6) is 17.2 Å². The van der Waals surface area contributed by atoms with E-state index in [2.05, 4.69) is 0 Å². The Hall–Kier alpha value is -3.52. The summed E-state index contributed by atoms with van der Waals surface area (Å²) in [6.45, 7) is 2.21. The van der Waals surface area contributed by atoms with Crippen molar-refractivity contribution in [2.45, 2.75) is 13.0 Å². The highest BCUT2D eigenvalue weighted by molar-refractivity contribution is 6.46. The summed E-state index contributed by atoms with van der Waals surface area (Å²) in [6, 6.07) is 9.28. The largest absolute Gasteiger partial charge is 0.507 e. The number of hydrogen-bond donors (Lipinski definition) is 1. The number of amides is 1. The molecule has 3 rings (SSSR count). The van der Waals surface area contributed by atoms with E-state index < -0.39 is 17.7 Å². The number of ether oxygens (including phenoxy) is 4. The zero-order valence-electron chi connectivity index (χ0n) is 18.8. The second kappa shape index (κ2) is 9.74. The third-order valence-electron chi connectivity index (χ3n) is 5.48. The average Bonchev–Trinajstić information content (AvgIpc) is 3.06. The molecule has 0 bridgehead atoms. The molecule has 1 unspecified atom stereocenters. The van der Waals surface area contributed by atoms with Crippen molar-refractivity contribution < 1.29 is 33.6 Å². The summed E-state index contributed by atoms with van der Waals surface area (Å²) in [7, 11) is 6.09. The first-order valence-electron chi connectivity index (χ1n) is 10.0. The van der Waals surface area contributed by atoms with E-state index in [1.165, 1.54) is 26.2 Å². The first kappa shape index (κ1) is 23.1. The molecule has 1 atom stereocenters. The topological polar surface area (TPSA) is 94.5 Å². The Labute approximate surface area is 187 Å². The predicted octanol–water partition coefficient (Wildman–Crippen LogP) is 3.09. The highest BCUT2D eigenvalue weighted by Crippen LogP contribution is 2.44. The summed E-state index contributed by atoms with van der Waals surface area (Å²) in [5.74, 6) is -0.141. The van der Waals surface area contributed by atoms with E-state index in [0.29, 0.717) is 28.4 Å². The van der Waals surface area contributed by atoms with Crippen LogP contribution in [0.25, 0.3) is 5.76 Å². The van der Waals surface area contributed by atoms with Gasteiger partial charge in [0.1, 0.15) is 23.0 Å². The summed E-state index contributed by atoms with van der Waals surface area (Å²) in [5.41, 5.74) is 1.68. The number of carbonyl (C=O) groups excluding carboxylic acids is 2. The van der Waals surface area contributed by atoms with Crippen molar-refractivity contribution in [3.63, 3.8) is 0 Å². The quantitative estimate of drug-likeness (QED) is 0.382. The lowest BCUT2D eigenvalue weighted by atomic mass is 9.94. The first-order valence-corrected chi connectivity index (χ1v) is 10.0. The molecule has 8 heteroatoms. The van der Waals surface area contributed by atoms with Crippen LogP contribution in [0.3, 0.4) is 0 Å². The van der Waals surface area contributed by atoms with Gasteiger partial charge in [0.2, 0.25) is 0 Å². The van der Waals surface area contributed by atoms with E-state index in [9.17, 15) is 14.7 Å². The van der Waals surface area contributed by atoms with Crippen molar-refractivity contribution in [2.24, 2.45) is 0 Å². The number of rotatable bonds is 8. The number of hydrogen-bond acceptors (Lipinski definition) is 7. The van der Waals surface area contributed by atoms with E-state index in [-0.39, 0.29) is 24.5 Å². The predicted molar refractivity (Wildman–Crippen MR) is 118 cm³/mol. The number of methoxy groups -OCH3 is 4. The standard InChI is InChI=1S/C24H27NO7/c1-14-12-15(6-8-18(14)31-4)22(26)20-21(25(10-11-29-2)24(28)23(20)27)17-13-16(30-3)7-9-19(17)32-5/h6-9,12-13,21,26H,10-11H2,1-5H3/b22-20-. The van der Waals surface area contributed by atoms with E-state index in [1.807, 2.05) is 6.92 Å². The molecular weight excluding hydrogens is 414 g/mol. The normalized spacial score (nSPS) is 17.5. The Morgan fingerprint density at radius 1 is 0.969 bits per heavy atom. The Morgan fingerprint density at radius 3 is 2.25 bits per heavy atom. The monoisotopic (exact) mass is 441 g/mol. The van der Waals surface area contributed by atoms with Crippen molar-refractivity contribution >= 4 is 17.4 Å². The van der Waals surface area contributed by atoms with Crippen LogP contribution < -0.4 is 14.2 Å². The number of aliphatic hydroxyl groups excluding tert-OH is 1. The Kier molecular flexibility index (Phi) is 7.05. The highest BCUT2D eigenvalue weighted by atomic mass is 16.5. The highest BCUT2D eigenvalue weighted by Gasteiger charge is 2.47. The van der Waals surface area contributed by atoms with Gasteiger partial charge >= 0.3 is 0 Å². The first-order chi connectivity index (χ1) is 15.4. The second-order valence-corrected chi connectivity index (χ2v) is 7.28. The lowest BCUT2D eigenvalue weighted by Gasteiger charge is -2.26. The van der Waals surface area contributed by atoms with E-state index in [4.69, 9.17) is 18.9 Å². The van der Waals surface area contributed by atoms with Crippen LogP contribution in [0.15, 0.2) is 42.0 Å². The minimum Gasteiger partial charge on any atom is -0.507 e. The van der Waals surface area contributed by atoms with Crippen LogP contribution >= 0.6 is 0 Å². The number of Topliss-reactive ketones (excluding diaryl/α,β-unsaturated/α-hetero) is 1. The molecule has 0 spiro atoms. The number of likely N-dealkylation sites (tertiary alicyclic amines) is 1. The third kappa shape index (κ3) is 4.13. The van der Waals surface area contributed by atoms with Gasteiger partial charge in [-0.05, 0) is 48.9 Å². The molecule has 0 radical (unpaired) electrons. The Bertz CT molecular complexity index is 1060. The summed E-state index contributed by atoms with van der Waals surface area (Å²) in [5, 5.41) is 11.2. The van der Waals surface area contributed by atoms with Crippen molar-refractivity contribution in [3.05, 3.63) is 58.7 Å². The van der Waals surface area contributed by atoms with Crippen LogP contribution in [0.4, 0.5) is 0 Å². The minimum atomic E-state index is -0.877. The van der Waals surface area contributed by atoms with Crippen LogP contribution in [-0.2, 0) is 14.3 Å². The number of aliphatic hydroxyl groups is 1. The fraction of sp³-hybridized carbons (Fsp3) is 0.333. The lowest BCUT2D eigenvalue weighted by Crippen LogP contribution is -2.32. The fourth-order valence-electron chi connectivity index (χ4n) is 3.86. The van der Waals surface area contributed by atoms with Gasteiger partial charge in [-0.15, -0.1) is 0 Å². The van der Waals surface area contributed by atoms with Crippen molar-refractivity contribution in [2.75, 3.05) is 41.6 Å². The molecule has 1 fully saturated rings. The van der Waals surface area contributed by atoms with E-state index in [0.717, 1.165) is 5.56 Å². The zero-order chi connectivity index (χ0) is 23.4. The maximum absolute atomic E-state index is 13.1. The minimum absolute atomic E-state index is 0.0257. The summed E-state index contributed by atoms with van der Waals surface area (Å²) < 4.78 is 21.3. The molecule has 0 aliphatic carbocycles. The summed E-state index contributed by atoms with van der Waals surface area (Å²) in [4.78, 5) is 27.4. The molecule has 1 saturated heterocycles. The molecule has 2 aromatic rings. The molecule has 2 aromatic carbocycles. The number of carbonyl (C=O) groups is 2. The molecule has 1 heterocycles. The number of ketones is 1. The fourth-order valence-corrected chi connectivity index (χ4v) is 3.86. The van der Waals surface area contributed by atoms with Gasteiger partial charge in [-0.25, -0.2) is 0 Å². The lowest BCUT2D eigenvalue weighted by molar-refractivity contribution is -0.140. The molecule has 1 aliphatic heterocycles. The summed E-state index contributed by atoms with van der Waals surface area (Å²) >= 11 is 0. The van der Waals surface area contributed by atoms with Gasteiger partial charge in [0.15, 0.2) is 0 Å². The van der Waals surface area contributed by atoms with Crippen LogP contribution in [0.1, 0.15) is 22.7 Å². The van der Waals surface area contributed by atoms with Crippen LogP contribution in [0, 0.1) is 6.92 Å². The number of nitrogens with zero attached hydrogens (tertiary/aromatic N) is 1. The molecule has 1 amide bonds. The van der Waals surface area contributed by atoms with Gasteiger partial charge < -0.3 is 29.0 Å². The van der Waals surface area contributed by atoms with Gasteiger partial charge in [-0.3, -0.25) is 9.59 Å². The third-order valence-corrected chi connectivity index (χ3v) is 5.48. The molecule has 0 saturated carbocycles. The van der Waals surface area contributed by atoms with Crippen molar-refractivity contribution in [1.29, 1.82) is 0 Å². The Balaban J connectivity index is 2.25. The zero-order valence-corrected chi connectivity index (χ0v) is 18.8. The molecule has 170 valence electrons. The molecular formula is C24H27NO7. The smallest absolute Gasteiger partial charge is 0.295 e. The SMILES string of the molecule is COCCN1C(=O)C(=O)/C(=C(\O)c2ccc(OC)c(C)c2)C1c1cc(OC)ccc1OC. The van der Waals surface area contributed by atoms with Crippen LogP contribution in [-0.4, -0.2) is 63.3 Å². The number of aryl methyl sites for hydroxylation is 1. The van der Waals surface area contributed by atoms with Crippen molar-refractivity contribution in [1.82, 2.24) is 4.90 Å². The maximum Gasteiger partial charge on any atom is 0.295 e. The average molecular weight is 441 g/mol. The van der Waals surface area contributed by atoms with Gasteiger partial charge in [-0.2, -0.15) is 0 Å². The maximum atomic E-state index is 13.1. The van der Waals surface area contributed by atoms with Gasteiger partial charge in [-0.1, -0.05) is 0 Å². The van der Waals surface area contributed by atoms with E-state index >= 15 is 0 Å². The molecule has 0 aromatic heterocycles. The molecule has 1 N–H and O–H groups in total. The molecule has 1 aliphatic rings. The van der Waals surface area contributed by atoms with Crippen molar-refractivity contribution in [3.8, 4) is 17.2 Å². The van der Waals surface area contributed by atoms with Gasteiger partial charge in [0.25, 0.3) is 11.7 Å². The molecule has 32 heavy (non-hydrogen) atoms. The second-order valence-electron chi connectivity index (χ2n) is 7.28. The molecule has 8 nitrogen and oxygen atoms in total. The number of benzene rings is 2. The van der Waals surface area contributed by atoms with Gasteiger partial charge in [0.05, 0.1) is 39.6 Å². The Morgan fingerprint density at radius 2 is 1.66 bits per heavy atom. The van der Waals surface area contributed by atoms with Crippen LogP contribution in [0.2, 0.25) is 0 Å².